The number of aliphatic hydroxyl groups excluding tert-OH is 1. The molecule has 21 heteroatoms. The zero-order valence-electron chi connectivity index (χ0n) is 33.8. The molecule has 13 nitrogen and oxygen atoms in total. The van der Waals surface area contributed by atoms with Crippen molar-refractivity contribution in [1.29, 1.82) is 0 Å². The van der Waals surface area contributed by atoms with Crippen LogP contribution in [-0.4, -0.2) is 113 Å². The molecule has 1 unspecified atom stereocenters. The van der Waals surface area contributed by atoms with Gasteiger partial charge in [0.15, 0.2) is 28.5 Å². The van der Waals surface area contributed by atoms with Gasteiger partial charge in [-0.1, -0.05) is 24.3 Å². The first-order valence-corrected chi connectivity index (χ1v) is 21.0. The van der Waals surface area contributed by atoms with E-state index < -0.39 is 90.3 Å². The number of carbonyl (C=O) groups excluding carboxylic acids is 2. The van der Waals surface area contributed by atoms with Crippen molar-refractivity contribution in [3.63, 3.8) is 0 Å². The van der Waals surface area contributed by atoms with Crippen molar-refractivity contribution < 1.29 is 74.2 Å². The van der Waals surface area contributed by atoms with E-state index in [0.29, 0.717) is 35.3 Å². The molecule has 4 aromatic rings. The van der Waals surface area contributed by atoms with Gasteiger partial charge in [-0.15, -0.1) is 11.8 Å². The SMILES string of the molecule is COc1c(C)cc2c(c1O)[C@@H]1C3[C@@H]4SC[C@]5(NCCc6c5[nH]c5ccccc65)C(=O)OC[C@@H](c5c6c(c(C)c(OC(=O)C(F)(F)C(F)(F)C(F)(F)F)c54)OCO6)N3[C@@H](O)[C@@H](C2)N1C. The van der Waals surface area contributed by atoms with Crippen LogP contribution in [-0.2, 0) is 32.7 Å². The largest absolute Gasteiger partial charge is 0.504 e. The third-order valence-corrected chi connectivity index (χ3v) is 15.1. The molecule has 3 aromatic carbocycles. The van der Waals surface area contributed by atoms with Gasteiger partial charge in [-0.25, -0.2) is 9.59 Å². The number of aromatic nitrogens is 1. The predicted molar refractivity (Wildman–Crippen MR) is 208 cm³/mol. The van der Waals surface area contributed by atoms with Crippen LogP contribution in [0.2, 0.25) is 0 Å². The topological polar surface area (TPSA) is 155 Å². The quantitative estimate of drug-likeness (QED) is 0.108. The number of rotatable bonds is 4. The highest BCUT2D eigenvalue weighted by atomic mass is 32.2. The summed E-state index contributed by atoms with van der Waals surface area (Å²) < 4.78 is 129. The van der Waals surface area contributed by atoms with Crippen molar-refractivity contribution in [2.75, 3.05) is 39.9 Å². The molecule has 4 bridgehead atoms. The summed E-state index contributed by atoms with van der Waals surface area (Å²) in [4.78, 5) is 35.0. The number of hydrogen-bond acceptors (Lipinski definition) is 13. The number of nitrogens with zero attached hydrogens (tertiary/aromatic N) is 2. The molecular weight excluding hydrogens is 870 g/mol. The van der Waals surface area contributed by atoms with Gasteiger partial charge in [-0.2, -0.15) is 30.7 Å². The van der Waals surface area contributed by atoms with Crippen molar-refractivity contribution in [3.05, 3.63) is 75.0 Å². The molecule has 7 aliphatic rings. The van der Waals surface area contributed by atoms with E-state index >= 15 is 8.78 Å². The fourth-order valence-electron chi connectivity index (χ4n) is 10.7. The van der Waals surface area contributed by atoms with E-state index in [9.17, 15) is 41.8 Å². The fourth-order valence-corrected chi connectivity index (χ4v) is 12.4. The molecular formula is C42H39F7N4O9S. The van der Waals surface area contributed by atoms with Crippen molar-refractivity contribution >= 4 is 34.6 Å². The minimum Gasteiger partial charge on any atom is -0.504 e. The zero-order valence-corrected chi connectivity index (χ0v) is 34.6. The number of aromatic amines is 1. The van der Waals surface area contributed by atoms with E-state index in [1.54, 1.807) is 18.9 Å². The number of piperazine rings is 1. The number of phenols is 1. The number of methoxy groups -OCH3 is 1. The lowest BCUT2D eigenvalue weighted by Gasteiger charge is -2.62. The molecule has 4 N–H and O–H groups in total. The summed E-state index contributed by atoms with van der Waals surface area (Å²) in [7, 11) is 3.10. The van der Waals surface area contributed by atoms with Crippen molar-refractivity contribution in [3.8, 4) is 28.7 Å². The molecule has 7 aliphatic heterocycles. The van der Waals surface area contributed by atoms with Crippen LogP contribution >= 0.6 is 11.8 Å². The summed E-state index contributed by atoms with van der Waals surface area (Å²) in [5.41, 5.74) is 1.72. The number of halogens is 7. The van der Waals surface area contributed by atoms with Crippen LogP contribution < -0.4 is 24.3 Å². The van der Waals surface area contributed by atoms with E-state index in [0.717, 1.165) is 28.2 Å². The number of aromatic hydroxyl groups is 1. The van der Waals surface area contributed by atoms with Crippen molar-refractivity contribution in [1.82, 2.24) is 20.1 Å². The second kappa shape index (κ2) is 14.0. The zero-order chi connectivity index (χ0) is 44.9. The van der Waals surface area contributed by atoms with Crippen LogP contribution in [0.4, 0.5) is 30.7 Å². The molecule has 8 heterocycles. The molecule has 0 saturated carbocycles. The Kier molecular flexibility index (Phi) is 9.35. The van der Waals surface area contributed by atoms with Crippen LogP contribution in [0.3, 0.4) is 0 Å². The van der Waals surface area contributed by atoms with Crippen LogP contribution in [0, 0.1) is 13.8 Å². The lowest BCUT2D eigenvalue weighted by atomic mass is 9.73. The Balaban J connectivity index is 1.23. The Bertz CT molecular complexity index is 2630. The number of likely N-dealkylation sites (N-methyl/N-ethyl adjacent to an activating group) is 1. The maximum Gasteiger partial charge on any atom is 0.460 e. The number of phenolic OH excluding ortho intramolecular Hbond substituents is 1. The standard InChI is InChI=1S/C42H39F7N4O9S/c1-16-11-18-12-22-36(55)53-23-13-59-37(56)39(35-20(9-10-50-39)19-7-5-6-8-21(19)51-35)14-63-34(28(53)27(52(22)3)24(18)29(54)30(16)58-4)26-25(23)33-32(60-15-61-33)17(2)31(26)62-38(57)40(43,44)41(45,46)42(47,48)49/h5-8,11,22-23,27-28,34,36,50-51,54-55H,9-10,12-15H2,1-4H3/t22-,23+,27-,28?,34-,36+,39-/m1/s1. The van der Waals surface area contributed by atoms with Gasteiger partial charge in [0.2, 0.25) is 6.79 Å². The van der Waals surface area contributed by atoms with Crippen LogP contribution in [0.1, 0.15) is 62.0 Å². The van der Waals surface area contributed by atoms with Crippen molar-refractivity contribution in [2.45, 2.75) is 85.9 Å². The third kappa shape index (κ3) is 5.58. The first-order valence-electron chi connectivity index (χ1n) is 20.0. The summed E-state index contributed by atoms with van der Waals surface area (Å²) in [5, 5.41) is 27.6. The number of aliphatic hydroxyl groups is 1. The number of H-pyrrole nitrogens is 1. The Morgan fingerprint density at radius 1 is 1.02 bits per heavy atom. The number of esters is 2. The van der Waals surface area contributed by atoms with E-state index in [2.05, 4.69) is 10.3 Å². The molecule has 1 spiro atoms. The second-order valence-electron chi connectivity index (χ2n) is 16.7. The maximum atomic E-state index is 15.3. The van der Waals surface area contributed by atoms with Crippen LogP contribution in [0.15, 0.2) is 30.3 Å². The van der Waals surface area contributed by atoms with Crippen LogP contribution in [0.5, 0.6) is 28.7 Å². The summed E-state index contributed by atoms with van der Waals surface area (Å²) >= 11 is 1.04. The fraction of sp³-hybridized carbons (Fsp3) is 0.476. The minimum absolute atomic E-state index is 0.00908. The molecule has 1 aromatic heterocycles. The molecule has 7 atom stereocenters. The summed E-state index contributed by atoms with van der Waals surface area (Å²) in [6.07, 6.45) is -7.49. The first kappa shape index (κ1) is 42.0. The highest BCUT2D eigenvalue weighted by molar-refractivity contribution is 7.99. The Labute approximate surface area is 357 Å². The Morgan fingerprint density at radius 3 is 2.48 bits per heavy atom. The number of fused-ring (bicyclic) bond motifs is 11. The molecule has 11 rings (SSSR count). The maximum absolute atomic E-state index is 15.3. The number of alkyl halides is 7. The number of ether oxygens (including phenoxy) is 5. The van der Waals surface area contributed by atoms with Gasteiger partial charge in [0.25, 0.3) is 0 Å². The van der Waals surface area contributed by atoms with Gasteiger partial charge in [0.05, 0.1) is 36.2 Å². The lowest BCUT2D eigenvalue weighted by molar-refractivity contribution is -0.346. The molecule has 63 heavy (non-hydrogen) atoms. The number of carbonyl (C=O) groups is 2. The molecule has 0 aliphatic carbocycles. The average Bonchev–Trinajstić information content (AvgIpc) is 3.88. The molecule has 336 valence electrons. The highest BCUT2D eigenvalue weighted by Gasteiger charge is 2.77. The Hall–Kier alpha value is -4.96. The monoisotopic (exact) mass is 908 g/mol. The predicted octanol–water partition coefficient (Wildman–Crippen LogP) is 5.99. The summed E-state index contributed by atoms with van der Waals surface area (Å²) in [5.74, 6) is -18.4. The third-order valence-electron chi connectivity index (χ3n) is 13.6. The van der Waals surface area contributed by atoms with E-state index in [-0.39, 0.29) is 51.9 Å². The molecule has 0 amide bonds. The van der Waals surface area contributed by atoms with Crippen LogP contribution in [0.25, 0.3) is 10.9 Å². The van der Waals surface area contributed by atoms with Gasteiger partial charge < -0.3 is 38.9 Å². The normalized spacial score (nSPS) is 28.0. The first-order chi connectivity index (χ1) is 29.8. The number of benzene rings is 3. The van der Waals surface area contributed by atoms with Gasteiger partial charge in [0.1, 0.15) is 18.6 Å². The van der Waals surface area contributed by atoms with Gasteiger partial charge >= 0.3 is 30.0 Å². The Morgan fingerprint density at radius 2 is 1.75 bits per heavy atom. The van der Waals surface area contributed by atoms with Gasteiger partial charge in [-0.05, 0) is 56.5 Å². The van der Waals surface area contributed by atoms with E-state index in [4.69, 9.17) is 23.7 Å². The van der Waals surface area contributed by atoms with E-state index in [1.165, 1.54) is 14.0 Å². The van der Waals surface area contributed by atoms with Crippen molar-refractivity contribution in [2.24, 2.45) is 0 Å². The number of aryl methyl sites for hydroxylation is 1. The average molecular weight is 909 g/mol. The number of thioether (sulfide) groups is 1. The second-order valence-corrected chi connectivity index (χ2v) is 17.8. The van der Waals surface area contributed by atoms with Gasteiger partial charge in [0, 0.05) is 51.5 Å². The molecule has 2 saturated heterocycles. The lowest BCUT2D eigenvalue weighted by Crippen LogP contribution is -2.70. The minimum atomic E-state index is -6.85. The summed E-state index contributed by atoms with van der Waals surface area (Å²) in [6.45, 7) is 2.26. The van der Waals surface area contributed by atoms with Gasteiger partial charge in [-0.3, -0.25) is 15.1 Å². The number of nitrogens with one attached hydrogen (secondary N) is 2. The number of hydrogen-bond donors (Lipinski definition) is 4. The molecule has 0 radical (unpaired) electrons. The number of para-hydroxylation sites is 1. The summed E-state index contributed by atoms with van der Waals surface area (Å²) in [6, 6.07) is 5.31. The van der Waals surface area contributed by atoms with E-state index in [1.807, 2.05) is 35.2 Å². The molecule has 2 fully saturated rings. The highest BCUT2D eigenvalue weighted by Crippen LogP contribution is 2.65. The smallest absolute Gasteiger partial charge is 0.460 e.